The maximum Gasteiger partial charge on any atom is 0.236 e. The molecular formula is C10H11N3O2S. The Kier molecular flexibility index (Phi) is 1.94. The number of benzene rings is 1. The molecule has 1 aliphatic carbocycles. The smallest absolute Gasteiger partial charge is 0.236 e. The van der Waals surface area contributed by atoms with Gasteiger partial charge in [-0.1, -0.05) is 12.1 Å². The Balaban J connectivity index is 2.00. The van der Waals surface area contributed by atoms with Crippen LogP contribution in [0.3, 0.4) is 0 Å². The molecule has 6 heteroatoms. The van der Waals surface area contributed by atoms with Crippen molar-refractivity contribution in [1.82, 2.24) is 10.2 Å². The fraction of sp³-hybridized carbons (Fsp3) is 0.300. The van der Waals surface area contributed by atoms with Crippen LogP contribution < -0.4 is 4.72 Å². The maximum absolute atomic E-state index is 11.7. The number of fused-ring (bicyclic) bond motifs is 1. The number of hydrogen-bond acceptors (Lipinski definition) is 3. The van der Waals surface area contributed by atoms with Crippen molar-refractivity contribution in [3.05, 3.63) is 24.3 Å². The molecule has 1 aromatic carbocycles. The Morgan fingerprint density at radius 1 is 1.31 bits per heavy atom. The van der Waals surface area contributed by atoms with Crippen molar-refractivity contribution in [3.63, 3.8) is 0 Å². The number of nitrogens with one attached hydrogen (secondary N) is 2. The first-order valence-corrected chi connectivity index (χ1v) is 6.66. The normalized spacial score (nSPS) is 16.5. The van der Waals surface area contributed by atoms with E-state index in [0.717, 1.165) is 23.7 Å². The summed E-state index contributed by atoms with van der Waals surface area (Å²) >= 11 is 0. The minimum Gasteiger partial charge on any atom is -0.276 e. The predicted octanol–water partition coefficient (Wildman–Crippen LogP) is 1.47. The van der Waals surface area contributed by atoms with Crippen LogP contribution in [0.5, 0.6) is 0 Å². The monoisotopic (exact) mass is 237 g/mol. The Hall–Kier alpha value is -1.56. The van der Waals surface area contributed by atoms with E-state index in [1.807, 2.05) is 24.3 Å². The van der Waals surface area contributed by atoms with Crippen molar-refractivity contribution in [2.75, 3.05) is 4.72 Å². The van der Waals surface area contributed by atoms with Crippen LogP contribution in [0.2, 0.25) is 0 Å². The van der Waals surface area contributed by atoms with Gasteiger partial charge >= 0.3 is 0 Å². The highest BCUT2D eigenvalue weighted by Gasteiger charge is 2.36. The average Bonchev–Trinajstić information content (AvgIpc) is 3.04. The molecule has 1 aromatic heterocycles. The average molecular weight is 237 g/mol. The third-order valence-electron chi connectivity index (χ3n) is 2.67. The van der Waals surface area contributed by atoms with E-state index in [4.69, 9.17) is 0 Å². The molecule has 0 bridgehead atoms. The fourth-order valence-electron chi connectivity index (χ4n) is 1.64. The fourth-order valence-corrected chi connectivity index (χ4v) is 2.99. The van der Waals surface area contributed by atoms with E-state index in [-0.39, 0.29) is 5.25 Å². The first-order chi connectivity index (χ1) is 7.67. The van der Waals surface area contributed by atoms with Gasteiger partial charge in [-0.15, -0.1) is 0 Å². The van der Waals surface area contributed by atoms with Crippen molar-refractivity contribution in [2.45, 2.75) is 18.1 Å². The Morgan fingerprint density at radius 2 is 2.06 bits per heavy atom. The van der Waals surface area contributed by atoms with Crippen molar-refractivity contribution in [1.29, 1.82) is 0 Å². The molecule has 0 radical (unpaired) electrons. The highest BCUT2D eigenvalue weighted by atomic mass is 32.2. The summed E-state index contributed by atoms with van der Waals surface area (Å²) in [6.45, 7) is 0. The van der Waals surface area contributed by atoms with Crippen LogP contribution in [0.15, 0.2) is 24.3 Å². The second-order valence-electron chi connectivity index (χ2n) is 3.96. The summed E-state index contributed by atoms with van der Waals surface area (Å²) in [6.07, 6.45) is 1.50. The number of sulfonamides is 1. The third kappa shape index (κ3) is 1.55. The zero-order valence-corrected chi connectivity index (χ0v) is 9.29. The third-order valence-corrected chi connectivity index (χ3v) is 4.50. The number of anilines is 1. The molecule has 2 N–H and O–H groups in total. The molecule has 0 atom stereocenters. The van der Waals surface area contributed by atoms with E-state index in [1.165, 1.54) is 0 Å². The number of hydrogen-bond donors (Lipinski definition) is 2. The van der Waals surface area contributed by atoms with Gasteiger partial charge in [-0.3, -0.25) is 9.82 Å². The van der Waals surface area contributed by atoms with Crippen LogP contribution in [0.1, 0.15) is 12.8 Å². The molecule has 0 amide bonds. The number of rotatable bonds is 3. The molecule has 5 nitrogen and oxygen atoms in total. The van der Waals surface area contributed by atoms with E-state index in [1.54, 1.807) is 0 Å². The van der Waals surface area contributed by atoms with Crippen molar-refractivity contribution in [2.24, 2.45) is 0 Å². The second kappa shape index (κ2) is 3.21. The largest absolute Gasteiger partial charge is 0.276 e. The molecule has 2 aromatic rings. The molecular weight excluding hydrogens is 226 g/mol. The van der Waals surface area contributed by atoms with Crippen molar-refractivity contribution < 1.29 is 8.42 Å². The van der Waals surface area contributed by atoms with Crippen molar-refractivity contribution in [3.8, 4) is 0 Å². The van der Waals surface area contributed by atoms with Gasteiger partial charge in [-0.05, 0) is 25.0 Å². The zero-order valence-electron chi connectivity index (χ0n) is 8.47. The lowest BCUT2D eigenvalue weighted by Crippen LogP contribution is -2.17. The molecule has 84 valence electrons. The molecule has 0 unspecified atom stereocenters. The highest BCUT2D eigenvalue weighted by Crippen LogP contribution is 2.30. The van der Waals surface area contributed by atoms with Gasteiger partial charge in [-0.2, -0.15) is 5.10 Å². The topological polar surface area (TPSA) is 74.8 Å². The van der Waals surface area contributed by atoms with E-state index in [0.29, 0.717) is 5.82 Å². The molecule has 3 rings (SSSR count). The predicted molar refractivity (Wildman–Crippen MR) is 61.7 cm³/mol. The van der Waals surface area contributed by atoms with Gasteiger partial charge < -0.3 is 0 Å². The van der Waals surface area contributed by atoms with Gasteiger partial charge in [0.25, 0.3) is 0 Å². The summed E-state index contributed by atoms with van der Waals surface area (Å²) in [7, 11) is -3.23. The minimum atomic E-state index is -3.23. The maximum atomic E-state index is 11.7. The van der Waals surface area contributed by atoms with E-state index >= 15 is 0 Å². The van der Waals surface area contributed by atoms with Crippen LogP contribution in [-0.4, -0.2) is 23.9 Å². The van der Waals surface area contributed by atoms with Gasteiger partial charge in [0.2, 0.25) is 10.0 Å². The number of H-pyrrole nitrogens is 1. The molecule has 1 aliphatic rings. The van der Waals surface area contributed by atoms with Crippen LogP contribution in [-0.2, 0) is 10.0 Å². The summed E-state index contributed by atoms with van der Waals surface area (Å²) in [5.41, 5.74) is 0.830. The molecule has 1 saturated carbocycles. The lowest BCUT2D eigenvalue weighted by atomic mass is 10.2. The van der Waals surface area contributed by atoms with Gasteiger partial charge in [0.1, 0.15) is 0 Å². The van der Waals surface area contributed by atoms with Gasteiger partial charge in [0.05, 0.1) is 10.8 Å². The summed E-state index contributed by atoms with van der Waals surface area (Å²) < 4.78 is 26.0. The summed E-state index contributed by atoms with van der Waals surface area (Å²) in [6, 6.07) is 7.42. The minimum absolute atomic E-state index is 0.233. The van der Waals surface area contributed by atoms with E-state index in [9.17, 15) is 8.42 Å². The van der Waals surface area contributed by atoms with E-state index in [2.05, 4.69) is 14.9 Å². The first-order valence-electron chi connectivity index (χ1n) is 5.11. The highest BCUT2D eigenvalue weighted by molar-refractivity contribution is 7.93. The van der Waals surface area contributed by atoms with Gasteiger partial charge in [0.15, 0.2) is 5.82 Å². The number of aromatic nitrogens is 2. The Morgan fingerprint density at radius 3 is 2.81 bits per heavy atom. The first kappa shape index (κ1) is 9.65. The van der Waals surface area contributed by atoms with Crippen LogP contribution in [0, 0.1) is 0 Å². The lowest BCUT2D eigenvalue weighted by molar-refractivity contribution is 0.600. The molecule has 0 saturated heterocycles. The Bertz CT molecular complexity index is 628. The molecule has 0 spiro atoms. The standard InChI is InChI=1S/C10H11N3O2S/c14-16(15,7-5-6-7)13-10-8-3-1-2-4-9(8)11-12-10/h1-4,7H,5-6H2,(H2,11,12,13). The van der Waals surface area contributed by atoms with Gasteiger partial charge in [0, 0.05) is 5.39 Å². The van der Waals surface area contributed by atoms with Crippen molar-refractivity contribution >= 4 is 26.7 Å². The molecule has 1 heterocycles. The zero-order chi connectivity index (χ0) is 11.2. The quantitative estimate of drug-likeness (QED) is 0.848. The van der Waals surface area contributed by atoms with Crippen LogP contribution in [0.4, 0.5) is 5.82 Å². The number of nitrogens with zero attached hydrogens (tertiary/aromatic N) is 1. The number of para-hydroxylation sites is 1. The Labute approximate surface area is 92.9 Å². The van der Waals surface area contributed by atoms with E-state index < -0.39 is 10.0 Å². The molecule has 16 heavy (non-hydrogen) atoms. The summed E-state index contributed by atoms with van der Waals surface area (Å²) in [5, 5.41) is 7.33. The summed E-state index contributed by atoms with van der Waals surface area (Å²) in [4.78, 5) is 0. The summed E-state index contributed by atoms with van der Waals surface area (Å²) in [5.74, 6) is 0.391. The van der Waals surface area contributed by atoms with Crippen LogP contribution >= 0.6 is 0 Å². The molecule has 0 aliphatic heterocycles. The SMILES string of the molecule is O=S(=O)(Nc1n[nH]c2ccccc12)C1CC1. The lowest BCUT2D eigenvalue weighted by Gasteiger charge is -2.03. The molecule has 1 fully saturated rings. The van der Waals surface area contributed by atoms with Crippen LogP contribution in [0.25, 0.3) is 10.9 Å². The number of aromatic amines is 1. The second-order valence-corrected chi connectivity index (χ2v) is 5.93. The van der Waals surface area contributed by atoms with Gasteiger partial charge in [-0.25, -0.2) is 8.42 Å².